The molecule has 3 aromatic heterocycles. The van der Waals surface area contributed by atoms with Gasteiger partial charge < -0.3 is 9.32 Å². The molecule has 1 aliphatic heterocycles. The normalized spacial score (nSPS) is 15.2. The number of aryl methyl sites for hydroxylation is 2. The van der Waals surface area contributed by atoms with Crippen LogP contribution in [0.15, 0.2) is 21.6 Å². The van der Waals surface area contributed by atoms with Crippen LogP contribution in [0.25, 0.3) is 22.2 Å². The number of hydrogen-bond donors (Lipinski definition) is 0. The van der Waals surface area contributed by atoms with Crippen LogP contribution >= 0.6 is 0 Å². The molecule has 1 amide bonds. The maximum atomic E-state index is 12.7. The molecule has 0 saturated carbocycles. The minimum atomic E-state index is -0.344. The summed E-state index contributed by atoms with van der Waals surface area (Å²) >= 11 is 0. The molecular weight excluding hydrogens is 320 g/mol. The predicted octanol–water partition coefficient (Wildman–Crippen LogP) is 2.17. The molecule has 0 aromatic carbocycles. The molecule has 4 rings (SSSR count). The monoisotopic (exact) mass is 340 g/mol. The summed E-state index contributed by atoms with van der Waals surface area (Å²) < 4.78 is 6.98. The van der Waals surface area contributed by atoms with Gasteiger partial charge in [-0.25, -0.2) is 9.97 Å². The lowest BCUT2D eigenvalue weighted by Gasteiger charge is -2.26. The first kappa shape index (κ1) is 15.8. The Kier molecular flexibility index (Phi) is 3.78. The van der Waals surface area contributed by atoms with E-state index in [-0.39, 0.29) is 23.6 Å². The lowest BCUT2D eigenvalue weighted by Crippen LogP contribution is -2.39. The quantitative estimate of drug-likeness (QED) is 0.714. The summed E-state index contributed by atoms with van der Waals surface area (Å²) in [5, 5.41) is 0.727. The number of fused-ring (bicyclic) bond motifs is 3. The minimum Gasteiger partial charge on any atom is -0.430 e. The van der Waals surface area contributed by atoms with Gasteiger partial charge in [0, 0.05) is 18.8 Å². The first-order chi connectivity index (χ1) is 12.0. The minimum absolute atomic E-state index is 0.00962. The SMILES string of the molecule is Cc1cc2c(nc1C)oc1c(=O)n(CC(=O)N3CCCCC3)cnc12. The molecule has 3 aromatic rings. The molecule has 1 fully saturated rings. The molecule has 4 heterocycles. The van der Waals surface area contributed by atoms with E-state index in [4.69, 9.17) is 4.42 Å². The van der Waals surface area contributed by atoms with Crippen LogP contribution in [0, 0.1) is 13.8 Å². The van der Waals surface area contributed by atoms with Gasteiger partial charge in [0.25, 0.3) is 5.56 Å². The van der Waals surface area contributed by atoms with Gasteiger partial charge in [0.2, 0.25) is 17.2 Å². The highest BCUT2D eigenvalue weighted by molar-refractivity contribution is 6.00. The summed E-state index contributed by atoms with van der Waals surface area (Å²) in [6.45, 7) is 5.36. The van der Waals surface area contributed by atoms with Crippen molar-refractivity contribution < 1.29 is 9.21 Å². The molecular formula is C18H20N4O3. The number of amides is 1. The van der Waals surface area contributed by atoms with Crippen molar-refractivity contribution in [1.82, 2.24) is 19.4 Å². The number of furan rings is 1. The lowest BCUT2D eigenvalue weighted by atomic mass is 10.1. The second-order valence-corrected chi connectivity index (χ2v) is 6.64. The molecule has 0 N–H and O–H groups in total. The van der Waals surface area contributed by atoms with E-state index in [1.54, 1.807) is 0 Å². The molecule has 25 heavy (non-hydrogen) atoms. The molecule has 1 aliphatic rings. The van der Waals surface area contributed by atoms with Crippen LogP contribution in [0.1, 0.15) is 30.5 Å². The third-order valence-corrected chi connectivity index (χ3v) is 4.90. The lowest BCUT2D eigenvalue weighted by molar-refractivity contribution is -0.132. The molecule has 7 nitrogen and oxygen atoms in total. The topological polar surface area (TPSA) is 81.2 Å². The fourth-order valence-electron chi connectivity index (χ4n) is 3.28. The Morgan fingerprint density at radius 3 is 2.76 bits per heavy atom. The largest absolute Gasteiger partial charge is 0.430 e. The number of nitrogens with zero attached hydrogens (tertiary/aromatic N) is 4. The van der Waals surface area contributed by atoms with Crippen LogP contribution < -0.4 is 5.56 Å². The zero-order chi connectivity index (χ0) is 17.6. The molecule has 0 spiro atoms. The van der Waals surface area contributed by atoms with Crippen LogP contribution in [0.5, 0.6) is 0 Å². The highest BCUT2D eigenvalue weighted by Gasteiger charge is 2.20. The summed E-state index contributed by atoms with van der Waals surface area (Å²) in [7, 11) is 0. The zero-order valence-corrected chi connectivity index (χ0v) is 14.4. The van der Waals surface area contributed by atoms with Crippen molar-refractivity contribution in [2.75, 3.05) is 13.1 Å². The number of likely N-dealkylation sites (tertiary alicyclic amines) is 1. The maximum absolute atomic E-state index is 12.7. The van der Waals surface area contributed by atoms with Crippen LogP contribution in [0.3, 0.4) is 0 Å². The van der Waals surface area contributed by atoms with E-state index < -0.39 is 0 Å². The van der Waals surface area contributed by atoms with Crippen LogP contribution in [0.2, 0.25) is 0 Å². The Hall–Kier alpha value is -2.70. The number of piperidine rings is 1. The second-order valence-electron chi connectivity index (χ2n) is 6.64. The van der Waals surface area contributed by atoms with Crippen molar-refractivity contribution >= 4 is 28.1 Å². The molecule has 130 valence electrons. The average molecular weight is 340 g/mol. The number of carbonyl (C=O) groups excluding carboxylic acids is 1. The number of rotatable bonds is 2. The molecule has 1 saturated heterocycles. The Labute approximate surface area is 144 Å². The van der Waals surface area contributed by atoms with Crippen molar-refractivity contribution in [3.8, 4) is 0 Å². The van der Waals surface area contributed by atoms with Gasteiger partial charge >= 0.3 is 0 Å². The Morgan fingerprint density at radius 2 is 2.00 bits per heavy atom. The van der Waals surface area contributed by atoms with E-state index >= 15 is 0 Å². The summed E-state index contributed by atoms with van der Waals surface area (Å²) in [4.78, 5) is 35.7. The molecule has 0 unspecified atom stereocenters. The summed E-state index contributed by atoms with van der Waals surface area (Å²) in [5.41, 5.74) is 2.58. The van der Waals surface area contributed by atoms with Crippen molar-refractivity contribution in [2.24, 2.45) is 0 Å². The van der Waals surface area contributed by atoms with Gasteiger partial charge in [-0.3, -0.25) is 14.2 Å². The molecule has 0 atom stereocenters. The number of pyridine rings is 1. The van der Waals surface area contributed by atoms with Gasteiger partial charge in [-0.05, 0) is 44.7 Å². The number of aromatic nitrogens is 3. The Morgan fingerprint density at radius 1 is 1.24 bits per heavy atom. The summed E-state index contributed by atoms with van der Waals surface area (Å²) in [5.74, 6) is -0.0520. The smallest absolute Gasteiger partial charge is 0.297 e. The van der Waals surface area contributed by atoms with Gasteiger partial charge in [-0.1, -0.05) is 0 Å². The van der Waals surface area contributed by atoms with Gasteiger partial charge in [-0.15, -0.1) is 0 Å². The van der Waals surface area contributed by atoms with Gasteiger partial charge in [0.1, 0.15) is 12.1 Å². The van der Waals surface area contributed by atoms with Gasteiger partial charge in [0.05, 0.1) is 11.7 Å². The Bertz CT molecular complexity index is 1030. The van der Waals surface area contributed by atoms with Gasteiger partial charge in [0.15, 0.2) is 0 Å². The zero-order valence-electron chi connectivity index (χ0n) is 14.4. The van der Waals surface area contributed by atoms with Gasteiger partial charge in [-0.2, -0.15) is 0 Å². The van der Waals surface area contributed by atoms with Crippen molar-refractivity contribution in [1.29, 1.82) is 0 Å². The van der Waals surface area contributed by atoms with Crippen molar-refractivity contribution in [2.45, 2.75) is 39.7 Å². The standard InChI is InChI=1S/C18H20N4O3/c1-11-8-13-15-16(25-17(13)20-12(11)2)18(24)22(10-19-15)9-14(23)21-6-4-3-5-7-21/h8,10H,3-7,9H2,1-2H3. The first-order valence-electron chi connectivity index (χ1n) is 8.58. The van der Waals surface area contributed by atoms with E-state index in [1.165, 1.54) is 10.9 Å². The maximum Gasteiger partial charge on any atom is 0.297 e. The first-order valence-corrected chi connectivity index (χ1v) is 8.58. The molecule has 0 aliphatic carbocycles. The van der Waals surface area contributed by atoms with E-state index in [0.717, 1.165) is 49.0 Å². The van der Waals surface area contributed by atoms with Crippen molar-refractivity contribution in [3.63, 3.8) is 0 Å². The van der Waals surface area contributed by atoms with E-state index in [2.05, 4.69) is 9.97 Å². The van der Waals surface area contributed by atoms with Crippen molar-refractivity contribution in [3.05, 3.63) is 34.0 Å². The highest BCUT2D eigenvalue weighted by Crippen LogP contribution is 2.25. The van der Waals surface area contributed by atoms with E-state index in [9.17, 15) is 9.59 Å². The van der Waals surface area contributed by atoms with Crippen LogP contribution in [-0.2, 0) is 11.3 Å². The fraction of sp³-hybridized carbons (Fsp3) is 0.444. The fourth-order valence-corrected chi connectivity index (χ4v) is 3.28. The van der Waals surface area contributed by atoms with E-state index in [1.807, 2.05) is 24.8 Å². The number of hydrogen-bond acceptors (Lipinski definition) is 5. The Balaban J connectivity index is 1.73. The number of carbonyl (C=O) groups is 1. The molecule has 7 heteroatoms. The van der Waals surface area contributed by atoms with E-state index in [0.29, 0.717) is 11.2 Å². The molecule has 0 radical (unpaired) electrons. The second kappa shape index (κ2) is 5.98. The predicted molar refractivity (Wildman–Crippen MR) is 93.5 cm³/mol. The third kappa shape index (κ3) is 2.69. The summed E-state index contributed by atoms with van der Waals surface area (Å²) in [6, 6.07) is 1.93. The average Bonchev–Trinajstić information content (AvgIpc) is 2.97. The third-order valence-electron chi connectivity index (χ3n) is 4.90. The highest BCUT2D eigenvalue weighted by atomic mass is 16.3. The van der Waals surface area contributed by atoms with Crippen LogP contribution in [-0.4, -0.2) is 38.4 Å². The van der Waals surface area contributed by atoms with Crippen LogP contribution in [0.4, 0.5) is 0 Å². The summed E-state index contributed by atoms with van der Waals surface area (Å²) in [6.07, 6.45) is 4.62. The molecule has 0 bridgehead atoms.